The van der Waals surface area contributed by atoms with Crippen LogP contribution in [0.15, 0.2) is 155 Å². The van der Waals surface area contributed by atoms with Crippen LogP contribution in [0.4, 0.5) is 39.1 Å². The maximum Gasteiger partial charge on any atom is 0.471 e. The molecule has 0 bridgehead atoms. The van der Waals surface area contributed by atoms with Crippen molar-refractivity contribution in [3.8, 4) is 0 Å². The lowest BCUT2D eigenvalue weighted by molar-refractivity contribution is -0.175. The minimum Gasteiger partial charge on any atom is -0.369 e. The molecule has 2 amide bonds. The average Bonchev–Trinajstić information content (AvgIpc) is 3.67. The second kappa shape index (κ2) is 18.0. The van der Waals surface area contributed by atoms with Gasteiger partial charge in [0.15, 0.2) is 5.82 Å². The molecular weight excluding hydrogens is 892 g/mol. The van der Waals surface area contributed by atoms with E-state index in [9.17, 15) is 35.2 Å². The zero-order valence-electron chi connectivity index (χ0n) is 36.8. The van der Waals surface area contributed by atoms with Crippen molar-refractivity contribution in [1.29, 1.82) is 0 Å². The summed E-state index contributed by atoms with van der Waals surface area (Å²) in [6.07, 6.45) is -5.40. The molecule has 1 aliphatic rings. The van der Waals surface area contributed by atoms with Crippen LogP contribution in [-0.4, -0.2) is 87.2 Å². The van der Waals surface area contributed by atoms with Crippen LogP contribution in [0.1, 0.15) is 40.9 Å². The number of amides is 2. The number of piperazine rings is 1. The highest BCUT2D eigenvalue weighted by molar-refractivity contribution is 7.91. The highest BCUT2D eigenvalue weighted by Crippen LogP contribution is 2.45. The van der Waals surface area contributed by atoms with E-state index >= 15 is 4.79 Å². The largest absolute Gasteiger partial charge is 0.471 e. The van der Waals surface area contributed by atoms with Gasteiger partial charge >= 0.3 is 12.1 Å². The number of rotatable bonds is 12. The number of methoxy groups -OCH3 is 1. The lowest BCUT2D eigenvalue weighted by Gasteiger charge is -2.39. The van der Waals surface area contributed by atoms with Crippen LogP contribution in [0.3, 0.4) is 0 Å². The number of carbonyl (C=O) groups excluding carboxylic acids is 2. The van der Waals surface area contributed by atoms with Crippen LogP contribution >= 0.6 is 0 Å². The number of halogens is 5. The van der Waals surface area contributed by atoms with E-state index < -0.39 is 66.2 Å². The summed E-state index contributed by atoms with van der Waals surface area (Å²) < 4.78 is 108. The number of hydrogen-bond acceptors (Lipinski definition) is 8. The SMILES string of the molecule is COC(C)(C)N(C(=O)C(F)(F)F)c1cc(N2CCN(C)CC2)ccc1C(=O)Nc1nn(C(c2ccccc2)(c2ccccc2)c2ccccc2)c2ccc(S(=O)(=O)c3cc(F)cc(F)c3)cc12. The summed E-state index contributed by atoms with van der Waals surface area (Å²) >= 11 is 0. The molecule has 11 nitrogen and oxygen atoms in total. The van der Waals surface area contributed by atoms with Crippen molar-refractivity contribution in [1.82, 2.24) is 14.7 Å². The Bertz CT molecular complexity index is 2950. The molecule has 1 fully saturated rings. The van der Waals surface area contributed by atoms with Gasteiger partial charge in [0.05, 0.1) is 26.6 Å². The predicted molar refractivity (Wildman–Crippen MR) is 245 cm³/mol. The topological polar surface area (TPSA) is 117 Å². The molecule has 346 valence electrons. The molecule has 7 aromatic rings. The highest BCUT2D eigenvalue weighted by atomic mass is 32.2. The third kappa shape index (κ3) is 8.77. The smallest absolute Gasteiger partial charge is 0.369 e. The number of hydrogen-bond donors (Lipinski definition) is 1. The van der Waals surface area contributed by atoms with E-state index in [0.717, 1.165) is 7.11 Å². The Hall–Kier alpha value is -6.95. The number of benzene rings is 6. The van der Waals surface area contributed by atoms with Crippen LogP contribution in [0.25, 0.3) is 10.9 Å². The van der Waals surface area contributed by atoms with E-state index in [1.807, 2.05) is 103 Å². The summed E-state index contributed by atoms with van der Waals surface area (Å²) in [7, 11) is -1.56. The van der Waals surface area contributed by atoms with Gasteiger partial charge < -0.3 is 19.9 Å². The molecule has 1 aliphatic heterocycles. The van der Waals surface area contributed by atoms with E-state index in [0.29, 0.717) is 71.7 Å². The van der Waals surface area contributed by atoms with E-state index in [1.165, 1.54) is 44.2 Å². The number of nitrogens with one attached hydrogen (secondary N) is 1. The maximum atomic E-state index is 15.0. The van der Waals surface area contributed by atoms with Crippen LogP contribution in [0.2, 0.25) is 0 Å². The van der Waals surface area contributed by atoms with Gasteiger partial charge in [-0.25, -0.2) is 21.9 Å². The van der Waals surface area contributed by atoms with Gasteiger partial charge in [-0.15, -0.1) is 0 Å². The van der Waals surface area contributed by atoms with Crippen molar-refractivity contribution in [2.75, 3.05) is 55.5 Å². The molecule has 0 atom stereocenters. The molecule has 0 aliphatic carbocycles. The molecule has 0 spiro atoms. The van der Waals surface area contributed by atoms with Gasteiger partial charge in [0.2, 0.25) is 9.84 Å². The molecule has 0 unspecified atom stereocenters. The normalized spacial score (nSPS) is 14.0. The molecule has 1 aromatic heterocycles. The molecule has 67 heavy (non-hydrogen) atoms. The number of aromatic nitrogens is 2. The fourth-order valence-electron chi connectivity index (χ4n) is 8.53. The first-order valence-corrected chi connectivity index (χ1v) is 22.6. The summed E-state index contributed by atoms with van der Waals surface area (Å²) in [5.74, 6) is -5.78. The second-order valence-electron chi connectivity index (χ2n) is 16.6. The summed E-state index contributed by atoms with van der Waals surface area (Å²) in [6, 6.07) is 38.0. The Morgan fingerprint density at radius 2 is 1.24 bits per heavy atom. The van der Waals surface area contributed by atoms with Gasteiger partial charge in [-0.1, -0.05) is 91.0 Å². The van der Waals surface area contributed by atoms with Gasteiger partial charge in [0.1, 0.15) is 22.9 Å². The lowest BCUT2D eigenvalue weighted by Crippen LogP contribution is -2.54. The van der Waals surface area contributed by atoms with Crippen molar-refractivity contribution in [3.05, 3.63) is 179 Å². The molecule has 17 heteroatoms. The van der Waals surface area contributed by atoms with Gasteiger partial charge in [0, 0.05) is 50.4 Å². The molecule has 1 N–H and O–H groups in total. The Morgan fingerprint density at radius 1 is 0.701 bits per heavy atom. The van der Waals surface area contributed by atoms with E-state index in [4.69, 9.17) is 9.84 Å². The molecule has 6 aromatic carbocycles. The minimum atomic E-state index is -5.40. The third-order valence-electron chi connectivity index (χ3n) is 12.1. The summed E-state index contributed by atoms with van der Waals surface area (Å²) in [6.45, 7) is 4.82. The second-order valence-corrected chi connectivity index (χ2v) is 18.5. The zero-order valence-corrected chi connectivity index (χ0v) is 37.6. The van der Waals surface area contributed by atoms with Crippen molar-refractivity contribution in [2.24, 2.45) is 0 Å². The Labute approximate surface area is 383 Å². The zero-order chi connectivity index (χ0) is 47.9. The average molecular weight is 937 g/mol. The van der Waals surface area contributed by atoms with Crippen LogP contribution in [0, 0.1) is 11.6 Å². The highest BCUT2D eigenvalue weighted by Gasteiger charge is 2.49. The monoisotopic (exact) mass is 936 g/mol. The summed E-state index contributed by atoms with van der Waals surface area (Å²) in [4.78, 5) is 31.8. The number of fused-ring (bicyclic) bond motifs is 1. The van der Waals surface area contributed by atoms with Gasteiger partial charge in [-0.2, -0.15) is 18.3 Å². The fraction of sp³-hybridized carbons (Fsp3) is 0.220. The predicted octanol–water partition coefficient (Wildman–Crippen LogP) is 9.27. The number of likely N-dealkylation sites (N-methyl/N-ethyl adjacent to an activating group) is 1. The molecular formula is C50H45F5N6O5S. The third-order valence-corrected chi connectivity index (χ3v) is 13.8. The Kier molecular flexibility index (Phi) is 12.5. The van der Waals surface area contributed by atoms with Gasteiger partial charge in [0.25, 0.3) is 5.91 Å². The lowest BCUT2D eigenvalue weighted by atomic mass is 9.77. The van der Waals surface area contributed by atoms with Crippen molar-refractivity contribution in [3.63, 3.8) is 0 Å². The van der Waals surface area contributed by atoms with E-state index in [2.05, 4.69) is 10.2 Å². The number of sulfone groups is 1. The Balaban J connectivity index is 1.39. The maximum absolute atomic E-state index is 15.0. The van der Waals surface area contributed by atoms with E-state index in [-0.39, 0.29) is 22.3 Å². The molecule has 0 saturated carbocycles. The summed E-state index contributed by atoms with van der Waals surface area (Å²) in [5, 5.41) is 7.87. The quantitative estimate of drug-likeness (QED) is 0.0733. The van der Waals surface area contributed by atoms with Crippen molar-refractivity contribution >= 4 is 49.7 Å². The molecule has 1 saturated heterocycles. The first kappa shape index (κ1) is 46.6. The Morgan fingerprint density at radius 3 is 1.75 bits per heavy atom. The minimum absolute atomic E-state index is 0.0366. The molecule has 2 heterocycles. The number of anilines is 3. The number of nitrogens with zero attached hydrogens (tertiary/aromatic N) is 5. The molecule has 8 rings (SSSR count). The van der Waals surface area contributed by atoms with Crippen LogP contribution in [0.5, 0.6) is 0 Å². The standard InChI is InChI=1S/C50H45F5N6O5S/c1-48(2,66-4)60(47(63)50(53,54)55)44-31-38(59-26-24-58(3)25-27-59)20-22-41(44)46(62)56-45-42-32-39(67(64,65)40-29-36(51)28-37(52)30-40)21-23-43(42)61(57-45)49(33-14-8-5-9-15-33,34-16-10-6-11-17-34)35-18-12-7-13-19-35/h5-23,28-32H,24-27H2,1-4H3,(H,56,57,62). The fourth-order valence-corrected chi connectivity index (χ4v) is 9.86. The first-order valence-electron chi connectivity index (χ1n) is 21.1. The number of carbonyl (C=O) groups is 2. The summed E-state index contributed by atoms with van der Waals surface area (Å²) in [5.41, 5.74) is -1.26. The van der Waals surface area contributed by atoms with E-state index in [1.54, 1.807) is 10.7 Å². The van der Waals surface area contributed by atoms with Gasteiger partial charge in [-0.3, -0.25) is 14.5 Å². The first-order chi connectivity index (χ1) is 31.9. The number of ether oxygens (including phenoxy) is 1. The van der Waals surface area contributed by atoms with Crippen molar-refractivity contribution in [2.45, 2.75) is 41.1 Å². The number of alkyl halides is 3. The van der Waals surface area contributed by atoms with Crippen LogP contribution in [-0.2, 0) is 24.9 Å². The molecule has 0 radical (unpaired) electrons. The van der Waals surface area contributed by atoms with Crippen LogP contribution < -0.4 is 15.1 Å². The van der Waals surface area contributed by atoms with Crippen molar-refractivity contribution < 1.29 is 44.7 Å². The van der Waals surface area contributed by atoms with Gasteiger partial charge in [-0.05, 0) is 86.1 Å².